The average molecular weight is 502 g/mol. The number of carbonyl (C=O) groups excluding carboxylic acids is 1. The van der Waals surface area contributed by atoms with Crippen molar-refractivity contribution >= 4 is 44.9 Å². The summed E-state index contributed by atoms with van der Waals surface area (Å²) in [5.74, 6) is -3.13. The highest BCUT2D eigenvalue weighted by molar-refractivity contribution is 7.92. The molecule has 1 N–H and O–H groups in total. The van der Waals surface area contributed by atoms with Gasteiger partial charge < -0.3 is 9.47 Å². The molecule has 0 aliphatic heterocycles. The van der Waals surface area contributed by atoms with Crippen molar-refractivity contribution in [2.45, 2.75) is 11.8 Å². The fourth-order valence-corrected chi connectivity index (χ4v) is 4.44. The van der Waals surface area contributed by atoms with E-state index in [2.05, 4.69) is 4.72 Å². The van der Waals surface area contributed by atoms with Crippen molar-refractivity contribution in [1.29, 1.82) is 0 Å². The SMILES string of the molecule is CCOC(=O)c1cc(NS(=O)(=O)c2ccc(Cl)cc2Cl)ccc1Oc1ccc(F)c(F)c1. The summed E-state index contributed by atoms with van der Waals surface area (Å²) in [5.41, 5.74) is -0.129. The maximum Gasteiger partial charge on any atom is 0.342 e. The molecule has 0 aromatic heterocycles. The maximum absolute atomic E-state index is 13.5. The van der Waals surface area contributed by atoms with Gasteiger partial charge in [0.1, 0.15) is 22.0 Å². The number of hydrogen-bond donors (Lipinski definition) is 1. The molecule has 6 nitrogen and oxygen atoms in total. The number of rotatable bonds is 7. The van der Waals surface area contributed by atoms with Gasteiger partial charge in [-0.2, -0.15) is 0 Å². The Kier molecular flexibility index (Phi) is 7.22. The van der Waals surface area contributed by atoms with Gasteiger partial charge in [0.2, 0.25) is 0 Å². The molecule has 0 saturated heterocycles. The van der Waals surface area contributed by atoms with Gasteiger partial charge in [0, 0.05) is 16.8 Å². The van der Waals surface area contributed by atoms with Gasteiger partial charge in [-0.05, 0) is 55.5 Å². The third kappa shape index (κ3) is 5.48. The minimum absolute atomic E-state index is 0.0108. The van der Waals surface area contributed by atoms with E-state index in [1.807, 2.05) is 0 Å². The lowest BCUT2D eigenvalue weighted by molar-refractivity contribution is 0.0523. The van der Waals surface area contributed by atoms with Crippen LogP contribution in [0.4, 0.5) is 14.5 Å². The second-order valence-corrected chi connectivity index (χ2v) is 8.78. The van der Waals surface area contributed by atoms with E-state index < -0.39 is 27.6 Å². The molecule has 11 heteroatoms. The normalized spacial score (nSPS) is 11.2. The Hall–Kier alpha value is -2.88. The highest BCUT2D eigenvalue weighted by atomic mass is 35.5. The Morgan fingerprint density at radius 3 is 2.41 bits per heavy atom. The van der Waals surface area contributed by atoms with Gasteiger partial charge in [0.05, 0.1) is 11.6 Å². The molecule has 0 saturated carbocycles. The van der Waals surface area contributed by atoms with Crippen LogP contribution in [-0.4, -0.2) is 21.0 Å². The molecule has 32 heavy (non-hydrogen) atoms. The van der Waals surface area contributed by atoms with Gasteiger partial charge in [0.15, 0.2) is 11.6 Å². The molecule has 0 radical (unpaired) electrons. The lowest BCUT2D eigenvalue weighted by atomic mass is 10.2. The molecule has 0 amide bonds. The van der Waals surface area contributed by atoms with Gasteiger partial charge in [-0.15, -0.1) is 0 Å². The lowest BCUT2D eigenvalue weighted by Gasteiger charge is -2.14. The van der Waals surface area contributed by atoms with Crippen LogP contribution in [0.3, 0.4) is 0 Å². The van der Waals surface area contributed by atoms with E-state index in [0.29, 0.717) is 0 Å². The van der Waals surface area contributed by atoms with Crippen molar-refractivity contribution in [3.05, 3.63) is 81.8 Å². The van der Waals surface area contributed by atoms with Crippen LogP contribution < -0.4 is 9.46 Å². The van der Waals surface area contributed by atoms with E-state index in [4.69, 9.17) is 32.7 Å². The molecule has 3 rings (SSSR count). The highest BCUT2D eigenvalue weighted by Gasteiger charge is 2.21. The first kappa shape index (κ1) is 23.8. The Morgan fingerprint density at radius 1 is 1.00 bits per heavy atom. The zero-order valence-electron chi connectivity index (χ0n) is 16.4. The van der Waals surface area contributed by atoms with Gasteiger partial charge >= 0.3 is 5.97 Å². The summed E-state index contributed by atoms with van der Waals surface area (Å²) < 4.78 is 64.9. The van der Waals surface area contributed by atoms with Crippen LogP contribution in [0.2, 0.25) is 10.0 Å². The number of sulfonamides is 1. The molecule has 0 aliphatic carbocycles. The zero-order chi connectivity index (χ0) is 23.5. The summed E-state index contributed by atoms with van der Waals surface area (Å²) in [5, 5.41) is 0.172. The molecule has 168 valence electrons. The van der Waals surface area contributed by atoms with E-state index in [9.17, 15) is 22.0 Å². The zero-order valence-corrected chi connectivity index (χ0v) is 18.7. The largest absolute Gasteiger partial charge is 0.462 e. The number of esters is 1. The van der Waals surface area contributed by atoms with Crippen LogP contribution in [0, 0.1) is 11.6 Å². The monoisotopic (exact) mass is 501 g/mol. The van der Waals surface area contributed by atoms with Crippen molar-refractivity contribution in [2.75, 3.05) is 11.3 Å². The van der Waals surface area contributed by atoms with Crippen LogP contribution in [0.5, 0.6) is 11.5 Å². The van der Waals surface area contributed by atoms with Crippen molar-refractivity contribution in [3.63, 3.8) is 0 Å². The van der Waals surface area contributed by atoms with Crippen molar-refractivity contribution in [2.24, 2.45) is 0 Å². The first-order chi connectivity index (χ1) is 15.1. The topological polar surface area (TPSA) is 81.7 Å². The summed E-state index contributed by atoms with van der Waals surface area (Å²) in [6.07, 6.45) is 0. The van der Waals surface area contributed by atoms with Crippen LogP contribution >= 0.6 is 23.2 Å². The Labute approximate surface area is 192 Å². The standard InChI is InChI=1S/C21H15Cl2F2NO5S/c1-2-30-21(27)15-10-13(26-32(28,29)20-8-3-12(22)9-16(20)23)4-7-19(15)31-14-5-6-17(24)18(25)11-14/h3-11,26H,2H2,1H3. The van der Waals surface area contributed by atoms with Crippen LogP contribution in [0.25, 0.3) is 0 Å². The third-order valence-electron chi connectivity index (χ3n) is 4.03. The number of nitrogens with one attached hydrogen (secondary N) is 1. The lowest BCUT2D eigenvalue weighted by Crippen LogP contribution is -2.14. The predicted octanol–water partition coefficient (Wildman–Crippen LogP) is 6.04. The van der Waals surface area contributed by atoms with Gasteiger partial charge in [-0.3, -0.25) is 4.72 Å². The van der Waals surface area contributed by atoms with Crippen LogP contribution in [0.1, 0.15) is 17.3 Å². The molecule has 0 atom stereocenters. The fourth-order valence-electron chi connectivity index (χ4n) is 2.62. The molecule has 0 heterocycles. The highest BCUT2D eigenvalue weighted by Crippen LogP contribution is 2.31. The van der Waals surface area contributed by atoms with Gasteiger partial charge in [0.25, 0.3) is 10.0 Å². The third-order valence-corrected chi connectivity index (χ3v) is 6.13. The predicted molar refractivity (Wildman–Crippen MR) is 116 cm³/mol. The summed E-state index contributed by atoms with van der Waals surface area (Å²) in [6, 6.07) is 10.5. The number of carbonyl (C=O) groups is 1. The summed E-state index contributed by atoms with van der Waals surface area (Å²) in [6.45, 7) is 1.63. The maximum atomic E-state index is 13.5. The Bertz CT molecular complexity index is 1290. The smallest absolute Gasteiger partial charge is 0.342 e. The number of halogens is 4. The van der Waals surface area contributed by atoms with Crippen molar-refractivity contribution < 1.29 is 31.5 Å². The van der Waals surface area contributed by atoms with Crippen molar-refractivity contribution in [3.8, 4) is 11.5 Å². The van der Waals surface area contributed by atoms with Gasteiger partial charge in [-0.25, -0.2) is 22.0 Å². The number of benzene rings is 3. The minimum atomic E-state index is -4.12. The number of anilines is 1. The first-order valence-electron chi connectivity index (χ1n) is 9.02. The second-order valence-electron chi connectivity index (χ2n) is 6.29. The Morgan fingerprint density at radius 2 is 1.75 bits per heavy atom. The van der Waals surface area contributed by atoms with Crippen molar-refractivity contribution in [1.82, 2.24) is 0 Å². The molecule has 0 fully saturated rings. The van der Waals surface area contributed by atoms with Crippen LogP contribution in [-0.2, 0) is 14.8 Å². The molecular weight excluding hydrogens is 487 g/mol. The van der Waals surface area contributed by atoms with Gasteiger partial charge in [-0.1, -0.05) is 23.2 Å². The first-order valence-corrected chi connectivity index (χ1v) is 11.3. The quantitative estimate of drug-likeness (QED) is 0.399. The van der Waals surface area contributed by atoms with E-state index in [1.165, 1.54) is 42.5 Å². The Balaban J connectivity index is 1.96. The van der Waals surface area contributed by atoms with E-state index in [1.54, 1.807) is 6.92 Å². The molecule has 0 unspecified atom stereocenters. The number of ether oxygens (including phenoxy) is 2. The molecule has 3 aromatic rings. The molecule has 0 bridgehead atoms. The average Bonchev–Trinajstić information content (AvgIpc) is 2.71. The fraction of sp³-hybridized carbons (Fsp3) is 0.0952. The summed E-state index contributed by atoms with van der Waals surface area (Å²) in [7, 11) is -4.12. The van der Waals surface area contributed by atoms with E-state index >= 15 is 0 Å². The molecule has 0 aliphatic rings. The molecular formula is C21H15Cl2F2NO5S. The van der Waals surface area contributed by atoms with Crippen LogP contribution in [0.15, 0.2) is 59.5 Å². The minimum Gasteiger partial charge on any atom is -0.462 e. The van der Waals surface area contributed by atoms with E-state index in [0.717, 1.165) is 12.1 Å². The molecule has 3 aromatic carbocycles. The summed E-state index contributed by atoms with van der Waals surface area (Å²) in [4.78, 5) is 12.2. The molecule has 0 spiro atoms. The summed E-state index contributed by atoms with van der Waals surface area (Å²) >= 11 is 11.8. The second kappa shape index (κ2) is 9.72. The van der Waals surface area contributed by atoms with E-state index in [-0.39, 0.29) is 44.3 Å². The number of hydrogen-bond acceptors (Lipinski definition) is 5.